The Hall–Kier alpha value is -4.38. The van der Waals surface area contributed by atoms with Gasteiger partial charge in [0.15, 0.2) is 11.3 Å². The van der Waals surface area contributed by atoms with E-state index in [9.17, 15) is 42.3 Å². The first-order chi connectivity index (χ1) is 24.2. The molecule has 2 amide bonds. The van der Waals surface area contributed by atoms with E-state index in [1.165, 1.54) is 10.8 Å². The average molecular weight is 739 g/mol. The molecule has 51 heavy (non-hydrogen) atoms. The van der Waals surface area contributed by atoms with Crippen LogP contribution in [0.1, 0.15) is 91.2 Å². The molecule has 1 aliphatic carbocycles. The van der Waals surface area contributed by atoms with Gasteiger partial charge in [-0.3, -0.25) is 18.9 Å². The Morgan fingerprint density at radius 2 is 1.90 bits per heavy atom. The van der Waals surface area contributed by atoms with Gasteiger partial charge in [-0.25, -0.2) is 18.1 Å². The molecular weight excluding hydrogens is 701 g/mol. The summed E-state index contributed by atoms with van der Waals surface area (Å²) < 4.78 is 61.4. The SMILES string of the molecule is CC1=NO[C@@]2(CC[C@H](C)N3C[C@H]2n2cc(C(=O)NCc4ccc(F)cc4F)c(=O)c(OCOC(=O)O[C@@H]4CCCC[C@@H]4OP(=O)(O)O)c2C3=O)C1. The van der Waals surface area contributed by atoms with Crippen molar-refractivity contribution in [2.75, 3.05) is 13.3 Å². The number of carbonyl (C=O) groups is 3. The number of oxime groups is 1. The van der Waals surface area contributed by atoms with Crippen molar-refractivity contribution in [3.05, 3.63) is 63.1 Å². The highest BCUT2D eigenvalue weighted by molar-refractivity contribution is 7.46. The summed E-state index contributed by atoms with van der Waals surface area (Å²) in [6.07, 6.45) is 0.868. The summed E-state index contributed by atoms with van der Waals surface area (Å²) in [5.74, 6) is -3.87. The minimum atomic E-state index is -4.88. The number of nitrogens with zero attached hydrogens (tertiary/aromatic N) is 3. The van der Waals surface area contributed by atoms with Crippen molar-refractivity contribution >= 4 is 31.5 Å². The fraction of sp³-hybridized carbons (Fsp3) is 0.531. The maximum Gasteiger partial charge on any atom is 0.511 e. The first-order valence-electron chi connectivity index (χ1n) is 16.4. The Morgan fingerprint density at radius 1 is 1.16 bits per heavy atom. The zero-order valence-corrected chi connectivity index (χ0v) is 28.6. The van der Waals surface area contributed by atoms with Crippen LogP contribution in [-0.4, -0.2) is 80.1 Å². The maximum atomic E-state index is 14.3. The summed E-state index contributed by atoms with van der Waals surface area (Å²) in [5.41, 5.74) is -2.02. The van der Waals surface area contributed by atoms with E-state index in [4.69, 9.17) is 23.6 Å². The molecule has 1 saturated heterocycles. The molecule has 5 atom stereocenters. The molecule has 0 radical (unpaired) electrons. The van der Waals surface area contributed by atoms with Crippen LogP contribution in [0.5, 0.6) is 5.75 Å². The number of carbonyl (C=O) groups excluding carboxylic acids is 3. The van der Waals surface area contributed by atoms with E-state index in [1.54, 1.807) is 11.8 Å². The maximum absolute atomic E-state index is 14.3. The van der Waals surface area contributed by atoms with Crippen LogP contribution >= 0.6 is 7.82 Å². The molecule has 3 N–H and O–H groups in total. The Balaban J connectivity index is 1.31. The number of halogens is 2. The summed E-state index contributed by atoms with van der Waals surface area (Å²) in [6, 6.07) is 1.89. The highest BCUT2D eigenvalue weighted by Crippen LogP contribution is 2.46. The van der Waals surface area contributed by atoms with Gasteiger partial charge in [0.25, 0.3) is 11.8 Å². The van der Waals surface area contributed by atoms with Gasteiger partial charge in [0.1, 0.15) is 29.4 Å². The first-order valence-corrected chi connectivity index (χ1v) is 17.9. The number of phosphoric ester groups is 1. The van der Waals surface area contributed by atoms with Gasteiger partial charge in [0, 0.05) is 43.4 Å². The van der Waals surface area contributed by atoms with E-state index in [0.717, 1.165) is 12.1 Å². The van der Waals surface area contributed by atoms with Crippen LogP contribution in [0, 0.1) is 11.6 Å². The van der Waals surface area contributed by atoms with Gasteiger partial charge in [-0.2, -0.15) is 0 Å². The summed E-state index contributed by atoms with van der Waals surface area (Å²) in [6.45, 7) is 2.45. The largest absolute Gasteiger partial charge is 0.511 e. The number of fused-ring (bicyclic) bond motifs is 5. The van der Waals surface area contributed by atoms with E-state index >= 15 is 0 Å². The van der Waals surface area contributed by atoms with Gasteiger partial charge in [0.2, 0.25) is 18.0 Å². The summed E-state index contributed by atoms with van der Waals surface area (Å²) in [4.78, 5) is 80.3. The predicted molar refractivity (Wildman–Crippen MR) is 171 cm³/mol. The molecule has 2 fully saturated rings. The predicted octanol–water partition coefficient (Wildman–Crippen LogP) is 3.68. The van der Waals surface area contributed by atoms with Crippen LogP contribution in [0.2, 0.25) is 0 Å². The summed E-state index contributed by atoms with van der Waals surface area (Å²) in [7, 11) is -4.88. The van der Waals surface area contributed by atoms with Crippen molar-refractivity contribution in [3.63, 3.8) is 0 Å². The van der Waals surface area contributed by atoms with E-state index < -0.39 is 91.4 Å². The third-order valence-corrected chi connectivity index (χ3v) is 10.2. The van der Waals surface area contributed by atoms with E-state index in [2.05, 4.69) is 10.5 Å². The lowest BCUT2D eigenvalue weighted by Gasteiger charge is -2.42. The summed E-state index contributed by atoms with van der Waals surface area (Å²) in [5, 5.41) is 6.63. The quantitative estimate of drug-likeness (QED) is 0.192. The van der Waals surface area contributed by atoms with Crippen LogP contribution in [0.4, 0.5) is 13.6 Å². The molecular formula is C32H37F2N4O12P. The molecule has 276 valence electrons. The lowest BCUT2D eigenvalue weighted by atomic mass is 9.84. The van der Waals surface area contributed by atoms with Crippen molar-refractivity contribution in [1.82, 2.24) is 14.8 Å². The number of pyridine rings is 1. The van der Waals surface area contributed by atoms with Gasteiger partial charge in [0.05, 0.1) is 11.8 Å². The number of hydrogen-bond acceptors (Lipinski definition) is 11. The van der Waals surface area contributed by atoms with E-state index in [0.29, 0.717) is 43.9 Å². The molecule has 16 nitrogen and oxygen atoms in total. The topological polar surface area (TPSA) is 205 Å². The third-order valence-electron chi connectivity index (χ3n) is 9.67. The molecule has 4 heterocycles. The molecule has 3 aliphatic heterocycles. The Morgan fingerprint density at radius 3 is 2.59 bits per heavy atom. The van der Waals surface area contributed by atoms with Crippen molar-refractivity contribution < 1.29 is 61.1 Å². The second-order valence-corrected chi connectivity index (χ2v) is 14.3. The number of hydrogen-bond donors (Lipinski definition) is 3. The molecule has 2 bridgehead atoms. The Kier molecular flexibility index (Phi) is 10.2. The molecule has 2 aromatic rings. The normalized spacial score (nSPS) is 25.7. The summed E-state index contributed by atoms with van der Waals surface area (Å²) >= 11 is 0. The molecule has 4 aliphatic rings. The molecule has 1 aromatic heterocycles. The molecule has 1 spiro atoms. The van der Waals surface area contributed by atoms with Crippen molar-refractivity contribution in [3.8, 4) is 5.75 Å². The van der Waals surface area contributed by atoms with Crippen LogP contribution in [-0.2, 0) is 29.9 Å². The number of aromatic nitrogens is 1. The van der Waals surface area contributed by atoms with Crippen molar-refractivity contribution in [2.45, 2.75) is 95.2 Å². The average Bonchev–Trinajstić information content (AvgIpc) is 3.39. The number of nitrogens with one attached hydrogen (secondary N) is 1. The molecule has 1 saturated carbocycles. The van der Waals surface area contributed by atoms with Crippen LogP contribution in [0.15, 0.2) is 34.3 Å². The number of amides is 2. The number of phosphoric acid groups is 1. The van der Waals surface area contributed by atoms with Gasteiger partial charge in [-0.15, -0.1) is 0 Å². The minimum Gasteiger partial charge on any atom is -0.451 e. The number of ether oxygens (including phenoxy) is 3. The zero-order chi connectivity index (χ0) is 36.7. The standard InChI is InChI=1S/C32H37F2N4O12P/c1-17-12-32(50-36-17)10-9-18(2)37-15-25(32)38-14-21(29(40)35-13-19-7-8-20(33)11-22(19)34)27(39)28(26(38)30(37)41)46-16-47-31(42)48-23-5-3-4-6-24(23)49-51(43,44)45/h7-8,11,14,18,23-25H,3-6,9-10,12-13,15-16H2,1-2H3,(H,35,40)(H2,43,44,45)/t18-,23+,24-,25+,32-/m0/s1. The number of rotatable bonds is 9. The highest BCUT2D eigenvalue weighted by atomic mass is 31.2. The molecule has 6 rings (SSSR count). The van der Waals surface area contributed by atoms with Crippen LogP contribution in [0.25, 0.3) is 0 Å². The molecule has 0 unspecified atom stereocenters. The van der Waals surface area contributed by atoms with Crippen LogP contribution in [0.3, 0.4) is 0 Å². The van der Waals surface area contributed by atoms with Gasteiger partial charge in [-0.05, 0) is 52.0 Å². The fourth-order valence-corrected chi connectivity index (χ4v) is 7.72. The third kappa shape index (κ3) is 7.64. The number of benzene rings is 1. The Labute approximate surface area is 289 Å². The zero-order valence-electron chi connectivity index (χ0n) is 27.7. The minimum absolute atomic E-state index is 0.0490. The van der Waals surface area contributed by atoms with Crippen molar-refractivity contribution in [2.24, 2.45) is 5.16 Å². The smallest absolute Gasteiger partial charge is 0.451 e. The molecule has 19 heteroatoms. The monoisotopic (exact) mass is 738 g/mol. The van der Waals surface area contributed by atoms with E-state index in [1.807, 2.05) is 6.92 Å². The molecule has 1 aromatic carbocycles. The van der Waals surface area contributed by atoms with Gasteiger partial charge in [-0.1, -0.05) is 17.6 Å². The van der Waals surface area contributed by atoms with Gasteiger partial charge < -0.3 is 43.6 Å². The lowest BCUT2D eigenvalue weighted by molar-refractivity contribution is -0.0670. The second kappa shape index (κ2) is 14.3. The first kappa shape index (κ1) is 36.4. The fourth-order valence-electron chi connectivity index (χ4n) is 7.13. The van der Waals surface area contributed by atoms with Crippen LogP contribution < -0.4 is 15.5 Å². The second-order valence-electron chi connectivity index (χ2n) is 13.1. The highest BCUT2D eigenvalue weighted by Gasteiger charge is 2.54. The van der Waals surface area contributed by atoms with E-state index in [-0.39, 0.29) is 36.7 Å². The Bertz CT molecular complexity index is 1870. The van der Waals surface area contributed by atoms with Crippen molar-refractivity contribution in [1.29, 1.82) is 0 Å². The lowest BCUT2D eigenvalue weighted by Crippen LogP contribution is -2.52. The van der Waals surface area contributed by atoms with Gasteiger partial charge >= 0.3 is 14.0 Å².